The van der Waals surface area contributed by atoms with Crippen molar-refractivity contribution in [2.24, 2.45) is 23.0 Å². The molecule has 4 atom stereocenters. The summed E-state index contributed by atoms with van der Waals surface area (Å²) in [6, 6.07) is 6.39. The van der Waals surface area contributed by atoms with Crippen LogP contribution in [-0.4, -0.2) is 70.4 Å². The summed E-state index contributed by atoms with van der Waals surface area (Å²) in [6.45, 7) is 12.8. The third-order valence-corrected chi connectivity index (χ3v) is 7.68. The smallest absolute Gasteiger partial charge is 0.161 e. The predicted octanol–water partition coefficient (Wildman–Crippen LogP) is 4.61. The molecule has 224 valence electrons. The van der Waals surface area contributed by atoms with Crippen LogP contribution in [-0.2, 0) is 11.2 Å². The molecule has 0 amide bonds. The van der Waals surface area contributed by atoms with Gasteiger partial charge in [0.25, 0.3) is 0 Å². The predicted molar refractivity (Wildman–Crippen MR) is 162 cm³/mol. The molecule has 9 heteroatoms. The lowest BCUT2D eigenvalue weighted by Crippen LogP contribution is -2.51. The third kappa shape index (κ3) is 12.6. The first-order valence-electron chi connectivity index (χ1n) is 13.8. The fourth-order valence-electron chi connectivity index (χ4n) is 5.08. The van der Waals surface area contributed by atoms with Crippen LogP contribution in [0, 0.1) is 17.3 Å². The molecule has 0 radical (unpaired) electrons. The summed E-state index contributed by atoms with van der Waals surface area (Å²) in [5.74, 6) is 2.30. The monoisotopic (exact) mass is 579 g/mol. The number of nitrogens with one attached hydrogen (secondary N) is 2. The highest BCUT2D eigenvalue weighted by atomic mass is 35.5. The first-order valence-corrected chi connectivity index (χ1v) is 13.8. The summed E-state index contributed by atoms with van der Waals surface area (Å²) in [5.41, 5.74) is 7.85. The molecule has 0 saturated carbocycles. The molecule has 0 bridgehead atoms. The summed E-state index contributed by atoms with van der Waals surface area (Å²) >= 11 is 0. The zero-order valence-electron chi connectivity index (χ0n) is 24.5. The number of hydrogen-bond acceptors (Lipinski definition) is 7. The first-order chi connectivity index (χ1) is 17.2. The van der Waals surface area contributed by atoms with E-state index in [1.165, 1.54) is 24.8 Å². The molecule has 5 N–H and O–H groups in total. The van der Waals surface area contributed by atoms with E-state index in [2.05, 4.69) is 50.5 Å². The van der Waals surface area contributed by atoms with Gasteiger partial charge in [-0.05, 0) is 67.2 Å². The number of methoxy groups -OCH3 is 2. The van der Waals surface area contributed by atoms with Gasteiger partial charge >= 0.3 is 0 Å². The van der Waals surface area contributed by atoms with E-state index in [0.29, 0.717) is 37.6 Å². The number of piperidine rings is 1. The Labute approximate surface area is 244 Å². The van der Waals surface area contributed by atoms with Crippen molar-refractivity contribution in [3.63, 3.8) is 0 Å². The third-order valence-electron chi connectivity index (χ3n) is 7.68. The molecule has 1 unspecified atom stereocenters. The maximum atomic E-state index is 10.8. The molecule has 1 fully saturated rings. The second kappa shape index (κ2) is 19.3. The Hall–Kier alpha value is -0.800. The van der Waals surface area contributed by atoms with E-state index < -0.39 is 6.10 Å². The lowest BCUT2D eigenvalue weighted by Gasteiger charge is -2.38. The van der Waals surface area contributed by atoms with Gasteiger partial charge in [-0.1, -0.05) is 40.2 Å². The highest BCUT2D eigenvalue weighted by Gasteiger charge is 2.30. The van der Waals surface area contributed by atoms with Gasteiger partial charge in [0.1, 0.15) is 0 Å². The Morgan fingerprint density at radius 2 is 1.87 bits per heavy atom. The van der Waals surface area contributed by atoms with Crippen LogP contribution in [0.5, 0.6) is 11.5 Å². The standard InChI is InChI=1S/C29H53N3O4.2ClH/c1-21(2)23(16-22-11-12-26(35-6)27(17-22)36-15-9-14-34-5)18-24(30)25(33)19-31-20-29(3,4)28-10-7-8-13-32-28;;/h11-12,17,21,23-25,28,31-33H,7-10,13-16,18-20,30H2,1-6H3;2*1H/t23-,24-,25-,28?;;/m0../s1. The molecule has 7 nitrogen and oxygen atoms in total. The molecular weight excluding hydrogens is 525 g/mol. The van der Waals surface area contributed by atoms with Gasteiger partial charge in [-0.3, -0.25) is 0 Å². The SMILES string of the molecule is COCCCOc1cc(C[C@@H](C[C@H](N)[C@@H](O)CNCC(C)(C)C2CCCCN2)C(C)C)ccc1OC.Cl.Cl. The summed E-state index contributed by atoms with van der Waals surface area (Å²) in [4.78, 5) is 0. The van der Waals surface area contributed by atoms with E-state index in [1.807, 2.05) is 6.07 Å². The maximum absolute atomic E-state index is 10.8. The highest BCUT2D eigenvalue weighted by molar-refractivity contribution is 5.85. The van der Waals surface area contributed by atoms with E-state index in [9.17, 15) is 5.11 Å². The van der Waals surface area contributed by atoms with Crippen molar-refractivity contribution >= 4 is 24.8 Å². The van der Waals surface area contributed by atoms with E-state index in [-0.39, 0.29) is 36.3 Å². The number of ether oxygens (including phenoxy) is 3. The van der Waals surface area contributed by atoms with Crippen LogP contribution in [0.3, 0.4) is 0 Å². The van der Waals surface area contributed by atoms with Crippen LogP contribution >= 0.6 is 24.8 Å². The minimum atomic E-state index is -0.572. The number of aliphatic hydroxyl groups excluding tert-OH is 1. The van der Waals surface area contributed by atoms with Crippen LogP contribution < -0.4 is 25.8 Å². The molecular formula is C29H55Cl2N3O4. The minimum Gasteiger partial charge on any atom is -0.493 e. The average molecular weight is 581 g/mol. The maximum Gasteiger partial charge on any atom is 0.161 e. The highest BCUT2D eigenvalue weighted by Crippen LogP contribution is 2.31. The van der Waals surface area contributed by atoms with Crippen molar-refractivity contribution in [2.75, 3.05) is 47.1 Å². The van der Waals surface area contributed by atoms with E-state index in [1.54, 1.807) is 14.2 Å². The fraction of sp³-hybridized carbons (Fsp3) is 0.793. The lowest BCUT2D eigenvalue weighted by molar-refractivity contribution is 0.116. The number of nitrogens with two attached hydrogens (primary N) is 1. The number of benzene rings is 1. The van der Waals surface area contributed by atoms with Crippen LogP contribution in [0.2, 0.25) is 0 Å². The van der Waals surface area contributed by atoms with Crippen molar-refractivity contribution in [1.29, 1.82) is 0 Å². The Morgan fingerprint density at radius 3 is 2.47 bits per heavy atom. The van der Waals surface area contributed by atoms with Gasteiger partial charge in [-0.25, -0.2) is 0 Å². The van der Waals surface area contributed by atoms with Crippen molar-refractivity contribution in [2.45, 2.75) is 84.4 Å². The van der Waals surface area contributed by atoms with Gasteiger partial charge in [0.2, 0.25) is 0 Å². The zero-order valence-corrected chi connectivity index (χ0v) is 26.1. The average Bonchev–Trinajstić information content (AvgIpc) is 2.86. The van der Waals surface area contributed by atoms with Gasteiger partial charge in [0.15, 0.2) is 11.5 Å². The summed E-state index contributed by atoms with van der Waals surface area (Å²) in [5, 5.41) is 18.0. The second-order valence-electron chi connectivity index (χ2n) is 11.5. The molecule has 1 heterocycles. The number of halogens is 2. The first kappa shape index (κ1) is 37.2. The van der Waals surface area contributed by atoms with Crippen LogP contribution in [0.15, 0.2) is 18.2 Å². The van der Waals surface area contributed by atoms with Crippen molar-refractivity contribution in [3.05, 3.63) is 23.8 Å². The molecule has 38 heavy (non-hydrogen) atoms. The number of hydrogen-bond donors (Lipinski definition) is 4. The van der Waals surface area contributed by atoms with E-state index >= 15 is 0 Å². The molecule has 0 spiro atoms. The van der Waals surface area contributed by atoms with E-state index in [4.69, 9.17) is 19.9 Å². The molecule has 1 aliphatic heterocycles. The molecule has 1 aromatic carbocycles. The summed E-state index contributed by atoms with van der Waals surface area (Å²) in [7, 11) is 3.36. The van der Waals surface area contributed by atoms with Gasteiger partial charge < -0.3 is 35.7 Å². The molecule has 2 rings (SSSR count). The molecule has 1 saturated heterocycles. The lowest BCUT2D eigenvalue weighted by atomic mass is 9.80. The van der Waals surface area contributed by atoms with Crippen molar-refractivity contribution in [1.82, 2.24) is 10.6 Å². The fourth-order valence-corrected chi connectivity index (χ4v) is 5.08. The molecule has 0 aromatic heterocycles. The Kier molecular flexibility index (Phi) is 18.9. The number of rotatable bonds is 17. The quantitative estimate of drug-likeness (QED) is 0.200. The Bertz CT molecular complexity index is 749. The van der Waals surface area contributed by atoms with Crippen LogP contribution in [0.4, 0.5) is 0 Å². The van der Waals surface area contributed by atoms with Gasteiger partial charge in [0.05, 0.1) is 19.8 Å². The van der Waals surface area contributed by atoms with Crippen molar-refractivity contribution < 1.29 is 19.3 Å². The minimum absolute atomic E-state index is 0. The topological polar surface area (TPSA) is 98.0 Å². The number of aliphatic hydroxyl groups is 1. The molecule has 0 aliphatic carbocycles. The van der Waals surface area contributed by atoms with Crippen LogP contribution in [0.1, 0.15) is 65.4 Å². The summed E-state index contributed by atoms with van der Waals surface area (Å²) < 4.78 is 16.6. The van der Waals surface area contributed by atoms with E-state index in [0.717, 1.165) is 43.9 Å². The van der Waals surface area contributed by atoms with Crippen LogP contribution in [0.25, 0.3) is 0 Å². The Balaban J connectivity index is 0.00000684. The van der Waals surface area contributed by atoms with Crippen molar-refractivity contribution in [3.8, 4) is 11.5 Å². The van der Waals surface area contributed by atoms with Gasteiger partial charge in [-0.15, -0.1) is 24.8 Å². The van der Waals surface area contributed by atoms with Gasteiger partial charge in [0, 0.05) is 45.3 Å². The molecule has 1 aromatic rings. The normalized spacial score (nSPS) is 18.2. The zero-order chi connectivity index (χ0) is 26.6. The molecule has 1 aliphatic rings. The largest absolute Gasteiger partial charge is 0.493 e. The second-order valence-corrected chi connectivity index (χ2v) is 11.5. The summed E-state index contributed by atoms with van der Waals surface area (Å²) in [6.07, 6.45) is 5.68. The van der Waals surface area contributed by atoms with Gasteiger partial charge in [-0.2, -0.15) is 0 Å². The Morgan fingerprint density at radius 1 is 1.13 bits per heavy atom.